The Hall–Kier alpha value is -3.28. The molecule has 130 valence electrons. The standard InChI is InChI=1S/C20H19N5O/c1-14-12-18(24-20(23-14)15-6-8-21-9-7-15)22-10-11-25-17-5-3-2-4-16(17)13-19(25)26/h2-9,12H,10-11,13H2,1H3,(H,22,23,24). The van der Waals surface area contributed by atoms with Crippen molar-refractivity contribution in [2.24, 2.45) is 0 Å². The van der Waals surface area contributed by atoms with Crippen LogP contribution in [0.2, 0.25) is 0 Å². The molecule has 0 radical (unpaired) electrons. The number of anilines is 2. The van der Waals surface area contributed by atoms with E-state index in [0.717, 1.165) is 28.3 Å². The van der Waals surface area contributed by atoms with Crippen molar-refractivity contribution in [1.29, 1.82) is 0 Å². The highest BCUT2D eigenvalue weighted by Crippen LogP contribution is 2.28. The number of nitrogens with zero attached hydrogens (tertiary/aromatic N) is 4. The van der Waals surface area contributed by atoms with Gasteiger partial charge in [-0.05, 0) is 30.7 Å². The Labute approximate surface area is 151 Å². The zero-order chi connectivity index (χ0) is 17.9. The first-order valence-corrected chi connectivity index (χ1v) is 8.59. The molecule has 0 saturated carbocycles. The Morgan fingerprint density at radius 2 is 1.92 bits per heavy atom. The number of pyridine rings is 1. The van der Waals surface area contributed by atoms with Crippen LogP contribution < -0.4 is 10.2 Å². The Morgan fingerprint density at radius 3 is 2.77 bits per heavy atom. The Kier molecular flexibility index (Phi) is 4.31. The number of nitrogens with one attached hydrogen (secondary N) is 1. The van der Waals surface area contributed by atoms with Crippen molar-refractivity contribution in [2.75, 3.05) is 23.3 Å². The van der Waals surface area contributed by atoms with Crippen LogP contribution in [0.5, 0.6) is 0 Å². The van der Waals surface area contributed by atoms with E-state index in [1.807, 2.05) is 54.3 Å². The SMILES string of the molecule is Cc1cc(NCCN2C(=O)Cc3ccccc32)nc(-c2ccncc2)n1. The predicted molar refractivity (Wildman–Crippen MR) is 101 cm³/mol. The molecule has 2 aromatic heterocycles. The van der Waals surface area contributed by atoms with Crippen LogP contribution in [0, 0.1) is 6.92 Å². The molecule has 26 heavy (non-hydrogen) atoms. The zero-order valence-corrected chi connectivity index (χ0v) is 14.5. The number of carbonyl (C=O) groups excluding carboxylic acids is 1. The Morgan fingerprint density at radius 1 is 1.12 bits per heavy atom. The lowest BCUT2D eigenvalue weighted by molar-refractivity contribution is -0.117. The summed E-state index contributed by atoms with van der Waals surface area (Å²) in [5, 5.41) is 3.31. The molecule has 1 aromatic carbocycles. The van der Waals surface area contributed by atoms with E-state index < -0.39 is 0 Å². The highest BCUT2D eigenvalue weighted by atomic mass is 16.2. The molecule has 0 spiro atoms. The number of hydrogen-bond acceptors (Lipinski definition) is 5. The van der Waals surface area contributed by atoms with Crippen LogP contribution in [0.15, 0.2) is 54.9 Å². The van der Waals surface area contributed by atoms with Crippen LogP contribution in [0.25, 0.3) is 11.4 Å². The normalized spacial score (nSPS) is 13.0. The third kappa shape index (κ3) is 3.26. The lowest BCUT2D eigenvalue weighted by Gasteiger charge is -2.18. The second kappa shape index (κ2) is 6.92. The molecule has 0 aliphatic carbocycles. The van der Waals surface area contributed by atoms with E-state index in [9.17, 15) is 4.79 Å². The summed E-state index contributed by atoms with van der Waals surface area (Å²) in [6.07, 6.45) is 3.93. The van der Waals surface area contributed by atoms with Crippen LogP contribution in [-0.4, -0.2) is 33.9 Å². The van der Waals surface area contributed by atoms with E-state index in [2.05, 4.69) is 20.3 Å². The lowest BCUT2D eigenvalue weighted by Crippen LogP contribution is -2.31. The summed E-state index contributed by atoms with van der Waals surface area (Å²) < 4.78 is 0. The van der Waals surface area contributed by atoms with Gasteiger partial charge in [0.1, 0.15) is 5.82 Å². The van der Waals surface area contributed by atoms with E-state index in [0.29, 0.717) is 25.3 Å². The third-order valence-electron chi connectivity index (χ3n) is 4.36. The number of para-hydroxylation sites is 1. The molecule has 4 rings (SSSR count). The minimum Gasteiger partial charge on any atom is -0.368 e. The smallest absolute Gasteiger partial charge is 0.231 e. The van der Waals surface area contributed by atoms with Gasteiger partial charge in [0, 0.05) is 48.5 Å². The molecule has 0 bridgehead atoms. The molecular formula is C20H19N5O. The molecular weight excluding hydrogens is 326 g/mol. The van der Waals surface area contributed by atoms with Gasteiger partial charge in [0.15, 0.2) is 5.82 Å². The summed E-state index contributed by atoms with van der Waals surface area (Å²) >= 11 is 0. The van der Waals surface area contributed by atoms with Crippen LogP contribution in [-0.2, 0) is 11.2 Å². The first kappa shape index (κ1) is 16.2. The van der Waals surface area contributed by atoms with Crippen molar-refractivity contribution in [3.63, 3.8) is 0 Å². The average Bonchev–Trinajstić information content (AvgIpc) is 2.98. The second-order valence-electron chi connectivity index (χ2n) is 6.23. The van der Waals surface area contributed by atoms with Gasteiger partial charge in [0.2, 0.25) is 5.91 Å². The fraction of sp³-hybridized carbons (Fsp3) is 0.200. The van der Waals surface area contributed by atoms with Crippen LogP contribution in [0.1, 0.15) is 11.3 Å². The van der Waals surface area contributed by atoms with Gasteiger partial charge in [-0.1, -0.05) is 18.2 Å². The van der Waals surface area contributed by atoms with Gasteiger partial charge in [0.05, 0.1) is 6.42 Å². The molecule has 0 saturated heterocycles. The van der Waals surface area contributed by atoms with Gasteiger partial charge in [-0.25, -0.2) is 9.97 Å². The molecule has 0 unspecified atom stereocenters. The quantitative estimate of drug-likeness (QED) is 0.770. The summed E-state index contributed by atoms with van der Waals surface area (Å²) in [4.78, 5) is 27.2. The van der Waals surface area contributed by atoms with Crippen LogP contribution in [0.3, 0.4) is 0 Å². The van der Waals surface area contributed by atoms with Gasteiger partial charge in [-0.15, -0.1) is 0 Å². The fourth-order valence-corrected chi connectivity index (χ4v) is 3.15. The number of carbonyl (C=O) groups is 1. The van der Waals surface area contributed by atoms with E-state index in [-0.39, 0.29) is 5.91 Å². The Balaban J connectivity index is 1.46. The van der Waals surface area contributed by atoms with E-state index in [1.54, 1.807) is 12.4 Å². The minimum atomic E-state index is 0.143. The number of aryl methyl sites for hydroxylation is 1. The molecule has 6 nitrogen and oxygen atoms in total. The number of hydrogen-bond donors (Lipinski definition) is 1. The van der Waals surface area contributed by atoms with Crippen molar-refractivity contribution in [3.05, 3.63) is 66.1 Å². The second-order valence-corrected chi connectivity index (χ2v) is 6.23. The lowest BCUT2D eigenvalue weighted by atomic mass is 10.2. The highest BCUT2D eigenvalue weighted by Gasteiger charge is 2.25. The molecule has 0 fully saturated rings. The number of fused-ring (bicyclic) bond motifs is 1. The monoisotopic (exact) mass is 345 g/mol. The molecule has 1 aliphatic heterocycles. The summed E-state index contributed by atoms with van der Waals surface area (Å²) in [5.41, 5.74) is 3.92. The summed E-state index contributed by atoms with van der Waals surface area (Å²) in [6.45, 7) is 3.16. The predicted octanol–water partition coefficient (Wildman–Crippen LogP) is 2.85. The summed E-state index contributed by atoms with van der Waals surface area (Å²) in [7, 11) is 0. The van der Waals surface area contributed by atoms with Gasteiger partial charge in [0.25, 0.3) is 0 Å². The number of aromatic nitrogens is 3. The third-order valence-corrected chi connectivity index (χ3v) is 4.36. The van der Waals surface area contributed by atoms with Gasteiger partial charge in [-0.3, -0.25) is 9.78 Å². The van der Waals surface area contributed by atoms with E-state index in [4.69, 9.17) is 0 Å². The maximum atomic E-state index is 12.2. The summed E-state index contributed by atoms with van der Waals surface area (Å²) in [6, 6.07) is 13.6. The van der Waals surface area contributed by atoms with E-state index in [1.165, 1.54) is 0 Å². The first-order valence-electron chi connectivity index (χ1n) is 8.59. The maximum absolute atomic E-state index is 12.2. The zero-order valence-electron chi connectivity index (χ0n) is 14.5. The first-order chi connectivity index (χ1) is 12.7. The van der Waals surface area contributed by atoms with Crippen molar-refractivity contribution in [1.82, 2.24) is 15.0 Å². The molecule has 3 heterocycles. The molecule has 0 atom stereocenters. The molecule has 1 N–H and O–H groups in total. The minimum absolute atomic E-state index is 0.143. The largest absolute Gasteiger partial charge is 0.368 e. The van der Waals surface area contributed by atoms with Gasteiger partial charge >= 0.3 is 0 Å². The van der Waals surface area contributed by atoms with Crippen molar-refractivity contribution in [3.8, 4) is 11.4 Å². The molecule has 6 heteroatoms. The number of rotatable bonds is 5. The Bertz CT molecular complexity index is 942. The topological polar surface area (TPSA) is 71.0 Å². The highest BCUT2D eigenvalue weighted by molar-refractivity contribution is 6.01. The van der Waals surface area contributed by atoms with Crippen molar-refractivity contribution >= 4 is 17.4 Å². The summed E-state index contributed by atoms with van der Waals surface area (Å²) in [5.74, 6) is 1.56. The van der Waals surface area contributed by atoms with Gasteiger partial charge in [-0.2, -0.15) is 0 Å². The molecule has 1 amide bonds. The average molecular weight is 345 g/mol. The number of amides is 1. The van der Waals surface area contributed by atoms with Crippen molar-refractivity contribution < 1.29 is 4.79 Å². The van der Waals surface area contributed by atoms with Crippen molar-refractivity contribution in [2.45, 2.75) is 13.3 Å². The fourth-order valence-electron chi connectivity index (χ4n) is 3.15. The molecule has 3 aromatic rings. The van der Waals surface area contributed by atoms with Gasteiger partial charge < -0.3 is 10.2 Å². The maximum Gasteiger partial charge on any atom is 0.231 e. The number of benzene rings is 1. The van der Waals surface area contributed by atoms with Crippen LogP contribution >= 0.6 is 0 Å². The van der Waals surface area contributed by atoms with E-state index >= 15 is 0 Å². The van der Waals surface area contributed by atoms with Crippen LogP contribution in [0.4, 0.5) is 11.5 Å². The molecule has 1 aliphatic rings.